The predicted molar refractivity (Wildman–Crippen MR) is 105 cm³/mol. The normalized spacial score (nSPS) is 10.6. The number of anilines is 1. The number of carbonyl (C=O) groups excluding carboxylic acids is 1. The Morgan fingerprint density at radius 2 is 2.23 bits per heavy atom. The number of nitrogens with one attached hydrogen (secondary N) is 1. The van der Waals surface area contributed by atoms with E-state index in [2.05, 4.69) is 15.3 Å². The minimum atomic E-state index is -0.0963. The van der Waals surface area contributed by atoms with Gasteiger partial charge in [0.25, 0.3) is 0 Å². The third kappa shape index (κ3) is 4.39. The number of methoxy groups -OCH3 is 1. The SMILES string of the molecule is COc1cc(Cl)c(C)cc1NC(=O)CCc1csc(-c2cccnc2)n1. The lowest BCUT2D eigenvalue weighted by Crippen LogP contribution is -2.13. The molecule has 0 spiro atoms. The molecule has 3 aromatic rings. The van der Waals surface area contributed by atoms with Crippen molar-refractivity contribution in [2.45, 2.75) is 19.8 Å². The zero-order valence-electron chi connectivity index (χ0n) is 14.5. The van der Waals surface area contributed by atoms with Gasteiger partial charge in [-0.3, -0.25) is 9.78 Å². The lowest BCUT2D eigenvalue weighted by atomic mass is 10.2. The van der Waals surface area contributed by atoms with E-state index in [9.17, 15) is 4.79 Å². The molecule has 134 valence electrons. The van der Waals surface area contributed by atoms with Crippen molar-refractivity contribution in [2.75, 3.05) is 12.4 Å². The zero-order chi connectivity index (χ0) is 18.5. The van der Waals surface area contributed by atoms with Gasteiger partial charge in [0.2, 0.25) is 5.91 Å². The van der Waals surface area contributed by atoms with Gasteiger partial charge in [0, 0.05) is 40.8 Å². The highest BCUT2D eigenvalue weighted by Gasteiger charge is 2.12. The molecule has 26 heavy (non-hydrogen) atoms. The van der Waals surface area contributed by atoms with E-state index in [1.54, 1.807) is 36.9 Å². The van der Waals surface area contributed by atoms with E-state index in [0.717, 1.165) is 21.8 Å². The molecule has 0 saturated heterocycles. The fourth-order valence-corrected chi connectivity index (χ4v) is 3.43. The molecule has 0 aliphatic heterocycles. The number of aryl methyl sites for hydroxylation is 2. The maximum absolute atomic E-state index is 12.3. The fourth-order valence-electron chi connectivity index (χ4n) is 2.43. The average Bonchev–Trinajstić information content (AvgIpc) is 3.12. The number of hydrogen-bond donors (Lipinski definition) is 1. The van der Waals surface area contributed by atoms with Crippen molar-refractivity contribution in [1.29, 1.82) is 0 Å². The molecule has 0 aliphatic carbocycles. The number of benzene rings is 1. The number of amides is 1. The van der Waals surface area contributed by atoms with Crippen LogP contribution in [0.3, 0.4) is 0 Å². The first-order valence-electron chi connectivity index (χ1n) is 8.05. The Morgan fingerprint density at radius 3 is 2.96 bits per heavy atom. The van der Waals surface area contributed by atoms with Crippen molar-refractivity contribution in [1.82, 2.24) is 9.97 Å². The number of pyridine rings is 1. The minimum Gasteiger partial charge on any atom is -0.495 e. The Hall–Kier alpha value is -2.44. The number of ether oxygens (including phenoxy) is 1. The molecule has 0 bridgehead atoms. The molecule has 3 rings (SSSR count). The largest absolute Gasteiger partial charge is 0.495 e. The maximum Gasteiger partial charge on any atom is 0.224 e. The summed E-state index contributed by atoms with van der Waals surface area (Å²) in [5.41, 5.74) is 3.37. The monoisotopic (exact) mass is 387 g/mol. The molecular formula is C19H18ClN3O2S. The van der Waals surface area contributed by atoms with Crippen LogP contribution in [-0.4, -0.2) is 23.0 Å². The van der Waals surface area contributed by atoms with Crippen LogP contribution in [0.15, 0.2) is 42.0 Å². The number of carbonyl (C=O) groups is 1. The van der Waals surface area contributed by atoms with E-state index < -0.39 is 0 Å². The number of thiazole rings is 1. The lowest BCUT2D eigenvalue weighted by molar-refractivity contribution is -0.116. The molecule has 0 unspecified atom stereocenters. The summed E-state index contributed by atoms with van der Waals surface area (Å²) < 4.78 is 5.28. The molecule has 5 nitrogen and oxygen atoms in total. The predicted octanol–water partition coefficient (Wildman–Crippen LogP) is 4.75. The van der Waals surface area contributed by atoms with Crippen LogP contribution in [0.4, 0.5) is 5.69 Å². The molecule has 7 heteroatoms. The number of aromatic nitrogens is 2. The van der Waals surface area contributed by atoms with Crippen LogP contribution in [0.5, 0.6) is 5.75 Å². The smallest absolute Gasteiger partial charge is 0.224 e. The summed E-state index contributed by atoms with van der Waals surface area (Å²) in [7, 11) is 1.55. The molecule has 2 heterocycles. The van der Waals surface area contributed by atoms with Crippen molar-refractivity contribution >= 4 is 34.5 Å². The van der Waals surface area contributed by atoms with Gasteiger partial charge in [-0.05, 0) is 37.1 Å². The second-order valence-electron chi connectivity index (χ2n) is 5.74. The maximum atomic E-state index is 12.3. The molecule has 0 saturated carbocycles. The van der Waals surface area contributed by atoms with E-state index in [-0.39, 0.29) is 5.91 Å². The molecule has 1 N–H and O–H groups in total. The Morgan fingerprint density at radius 1 is 1.38 bits per heavy atom. The summed E-state index contributed by atoms with van der Waals surface area (Å²) in [5, 5.41) is 6.36. The van der Waals surface area contributed by atoms with E-state index in [0.29, 0.717) is 29.3 Å². The average molecular weight is 388 g/mol. The number of nitrogens with zero attached hydrogens (tertiary/aromatic N) is 2. The third-order valence-corrected chi connectivity index (χ3v) is 5.17. The van der Waals surface area contributed by atoms with Gasteiger partial charge >= 0.3 is 0 Å². The molecule has 0 fully saturated rings. The second-order valence-corrected chi connectivity index (χ2v) is 7.00. The van der Waals surface area contributed by atoms with E-state index in [1.807, 2.05) is 30.5 Å². The molecule has 1 aromatic carbocycles. The van der Waals surface area contributed by atoms with Gasteiger partial charge in [-0.1, -0.05) is 11.6 Å². The summed E-state index contributed by atoms with van der Waals surface area (Å²) in [4.78, 5) is 21.0. The summed E-state index contributed by atoms with van der Waals surface area (Å²) in [6, 6.07) is 7.36. The lowest BCUT2D eigenvalue weighted by Gasteiger charge is -2.12. The van der Waals surface area contributed by atoms with Crippen LogP contribution < -0.4 is 10.1 Å². The highest BCUT2D eigenvalue weighted by atomic mass is 35.5. The summed E-state index contributed by atoms with van der Waals surface area (Å²) in [5.74, 6) is 0.447. The van der Waals surface area contributed by atoms with Crippen molar-refractivity contribution in [2.24, 2.45) is 0 Å². The van der Waals surface area contributed by atoms with Gasteiger partial charge in [-0.25, -0.2) is 4.98 Å². The molecule has 2 aromatic heterocycles. The standard InChI is InChI=1S/C19H18ClN3O2S/c1-12-8-16(17(25-2)9-15(12)20)23-18(24)6-5-14-11-26-19(22-14)13-4-3-7-21-10-13/h3-4,7-11H,5-6H2,1-2H3,(H,23,24). The Balaban J connectivity index is 1.62. The number of rotatable bonds is 6. The van der Waals surface area contributed by atoms with Crippen LogP contribution in [0.25, 0.3) is 10.6 Å². The summed E-state index contributed by atoms with van der Waals surface area (Å²) in [6.45, 7) is 1.88. The van der Waals surface area contributed by atoms with Crippen molar-refractivity contribution < 1.29 is 9.53 Å². The van der Waals surface area contributed by atoms with Crippen molar-refractivity contribution in [3.05, 3.63) is 58.3 Å². The molecule has 0 atom stereocenters. The molecule has 0 aliphatic rings. The molecule has 1 amide bonds. The van der Waals surface area contributed by atoms with Gasteiger partial charge in [-0.2, -0.15) is 0 Å². The van der Waals surface area contributed by atoms with Crippen LogP contribution >= 0.6 is 22.9 Å². The van der Waals surface area contributed by atoms with Crippen molar-refractivity contribution in [3.63, 3.8) is 0 Å². The first-order chi connectivity index (χ1) is 12.6. The number of halogens is 1. The van der Waals surface area contributed by atoms with E-state index in [1.165, 1.54) is 0 Å². The number of hydrogen-bond acceptors (Lipinski definition) is 5. The summed E-state index contributed by atoms with van der Waals surface area (Å²) >= 11 is 7.64. The Bertz CT molecular complexity index is 912. The second kappa shape index (κ2) is 8.29. The highest BCUT2D eigenvalue weighted by molar-refractivity contribution is 7.13. The van der Waals surface area contributed by atoms with Crippen LogP contribution in [0, 0.1) is 6.92 Å². The topological polar surface area (TPSA) is 64.1 Å². The molecular weight excluding hydrogens is 370 g/mol. The van der Waals surface area contributed by atoms with Crippen LogP contribution in [0.1, 0.15) is 17.7 Å². The zero-order valence-corrected chi connectivity index (χ0v) is 16.0. The van der Waals surface area contributed by atoms with Crippen molar-refractivity contribution in [3.8, 4) is 16.3 Å². The van der Waals surface area contributed by atoms with E-state index in [4.69, 9.17) is 16.3 Å². The van der Waals surface area contributed by atoms with Gasteiger partial charge in [-0.15, -0.1) is 11.3 Å². The first kappa shape index (κ1) is 18.4. The third-order valence-electron chi connectivity index (χ3n) is 3.82. The van der Waals surface area contributed by atoms with Gasteiger partial charge < -0.3 is 10.1 Å². The van der Waals surface area contributed by atoms with Gasteiger partial charge in [0.05, 0.1) is 18.5 Å². The highest BCUT2D eigenvalue weighted by Crippen LogP contribution is 2.31. The van der Waals surface area contributed by atoms with Gasteiger partial charge in [0.15, 0.2) is 0 Å². The minimum absolute atomic E-state index is 0.0963. The molecule has 0 radical (unpaired) electrons. The summed E-state index contributed by atoms with van der Waals surface area (Å²) in [6.07, 6.45) is 4.41. The first-order valence-corrected chi connectivity index (χ1v) is 9.31. The Kier molecular flexibility index (Phi) is 5.85. The van der Waals surface area contributed by atoms with Gasteiger partial charge in [0.1, 0.15) is 10.8 Å². The van der Waals surface area contributed by atoms with Crippen LogP contribution in [0.2, 0.25) is 5.02 Å². The fraction of sp³-hybridized carbons (Fsp3) is 0.211. The van der Waals surface area contributed by atoms with Crippen LogP contribution in [-0.2, 0) is 11.2 Å². The quantitative estimate of drug-likeness (QED) is 0.663. The van der Waals surface area contributed by atoms with E-state index >= 15 is 0 Å². The Labute approximate surface area is 161 Å².